The SMILES string of the molecule is CCOC(=O)C1=C(C)N=c2s/c(=C\c3ccc(-c4ccc(C)cc4[N+](=O)O)o3)c(=O)n2C1c1ccccc1. The molecule has 9 nitrogen and oxygen atoms in total. The van der Waals surface area contributed by atoms with Crippen molar-refractivity contribution in [1.82, 2.24) is 4.57 Å². The van der Waals surface area contributed by atoms with Gasteiger partial charge in [-0.15, -0.1) is 0 Å². The number of thiazole rings is 1. The number of aromatic nitrogens is 1. The van der Waals surface area contributed by atoms with Gasteiger partial charge in [-0.3, -0.25) is 9.36 Å². The maximum absolute atomic E-state index is 13.7. The molecule has 1 aliphatic rings. The lowest BCUT2D eigenvalue weighted by atomic mass is 9.96. The number of esters is 1. The molecule has 2 aromatic carbocycles. The highest BCUT2D eigenvalue weighted by atomic mass is 32.1. The Labute approximate surface area is 220 Å². The van der Waals surface area contributed by atoms with E-state index in [0.717, 1.165) is 11.1 Å². The quantitative estimate of drug-likeness (QED) is 0.296. The second kappa shape index (κ2) is 10.1. The molecule has 1 unspecified atom stereocenters. The van der Waals surface area contributed by atoms with Crippen LogP contribution >= 0.6 is 11.3 Å². The molecule has 192 valence electrons. The molecule has 3 heterocycles. The molecule has 10 heteroatoms. The molecule has 0 amide bonds. The number of aryl methyl sites for hydroxylation is 1. The van der Waals surface area contributed by atoms with E-state index in [1.165, 1.54) is 15.9 Å². The van der Waals surface area contributed by atoms with Gasteiger partial charge in [-0.25, -0.2) is 15.0 Å². The number of fused-ring (bicyclic) bond motifs is 1. The lowest BCUT2D eigenvalue weighted by Gasteiger charge is -2.24. The zero-order valence-electron chi connectivity index (χ0n) is 20.9. The van der Waals surface area contributed by atoms with E-state index in [9.17, 15) is 19.7 Å². The van der Waals surface area contributed by atoms with Crippen LogP contribution in [0, 0.1) is 11.8 Å². The van der Waals surface area contributed by atoms with Crippen LogP contribution in [0.4, 0.5) is 5.69 Å². The minimum Gasteiger partial charge on any atom is -0.463 e. The van der Waals surface area contributed by atoms with Gasteiger partial charge in [0, 0.05) is 12.1 Å². The topological polar surface area (TPSA) is 114 Å². The van der Waals surface area contributed by atoms with Crippen molar-refractivity contribution in [2.24, 2.45) is 4.99 Å². The van der Waals surface area contributed by atoms with Crippen LogP contribution in [0.3, 0.4) is 0 Å². The highest BCUT2D eigenvalue weighted by molar-refractivity contribution is 7.07. The van der Waals surface area contributed by atoms with Gasteiger partial charge in [-0.2, -0.15) is 0 Å². The van der Waals surface area contributed by atoms with E-state index in [4.69, 9.17) is 9.15 Å². The predicted molar refractivity (Wildman–Crippen MR) is 141 cm³/mol. The second-order valence-electron chi connectivity index (χ2n) is 8.71. The highest BCUT2D eigenvalue weighted by Crippen LogP contribution is 2.32. The van der Waals surface area contributed by atoms with Crippen LogP contribution in [-0.4, -0.2) is 27.3 Å². The minimum absolute atomic E-state index is 0.0510. The van der Waals surface area contributed by atoms with Crippen molar-refractivity contribution < 1.29 is 24.1 Å². The maximum Gasteiger partial charge on any atom is 0.338 e. The number of carbonyl (C=O) groups is 1. The van der Waals surface area contributed by atoms with Crippen molar-refractivity contribution in [3.63, 3.8) is 0 Å². The molecule has 4 aromatic rings. The van der Waals surface area contributed by atoms with Crippen LogP contribution in [0.5, 0.6) is 0 Å². The summed E-state index contributed by atoms with van der Waals surface area (Å²) in [6, 6.07) is 17.0. The molecule has 0 aliphatic carbocycles. The molecule has 1 aliphatic heterocycles. The molecule has 38 heavy (non-hydrogen) atoms. The molecule has 5 rings (SSSR count). The summed E-state index contributed by atoms with van der Waals surface area (Å²) in [5.74, 6) is 0.221. The smallest absolute Gasteiger partial charge is 0.338 e. The van der Waals surface area contributed by atoms with Gasteiger partial charge in [0.25, 0.3) is 10.5 Å². The number of hydrogen-bond donors (Lipinski definition) is 1. The van der Waals surface area contributed by atoms with Gasteiger partial charge in [-0.1, -0.05) is 47.7 Å². The summed E-state index contributed by atoms with van der Waals surface area (Å²) in [6.07, 6.45) is 1.60. The van der Waals surface area contributed by atoms with Crippen molar-refractivity contribution in [2.75, 3.05) is 6.61 Å². The number of carbonyl (C=O) groups excluding carboxylic acids is 1. The summed E-state index contributed by atoms with van der Waals surface area (Å²) in [4.78, 5) is 43.1. The predicted octanol–water partition coefficient (Wildman–Crippen LogP) is 4.17. The number of nitrogens with zero attached hydrogens (tertiary/aromatic N) is 3. The van der Waals surface area contributed by atoms with Crippen LogP contribution in [0.1, 0.15) is 36.8 Å². The maximum atomic E-state index is 13.7. The van der Waals surface area contributed by atoms with Gasteiger partial charge in [0.1, 0.15) is 11.5 Å². The van der Waals surface area contributed by atoms with Gasteiger partial charge >= 0.3 is 11.7 Å². The first-order valence-electron chi connectivity index (χ1n) is 11.9. The first-order valence-corrected chi connectivity index (χ1v) is 12.7. The van der Waals surface area contributed by atoms with Crippen LogP contribution in [-0.2, 0) is 9.53 Å². The fraction of sp³-hybridized carbons (Fsp3) is 0.179. The zero-order valence-corrected chi connectivity index (χ0v) is 21.7. The monoisotopic (exact) mass is 530 g/mol. The Bertz CT molecular complexity index is 1780. The summed E-state index contributed by atoms with van der Waals surface area (Å²) < 4.78 is 13.1. The Morgan fingerprint density at radius 3 is 2.66 bits per heavy atom. The van der Waals surface area contributed by atoms with Gasteiger partial charge in [-0.05, 0) is 50.1 Å². The van der Waals surface area contributed by atoms with E-state index in [-0.39, 0.29) is 22.8 Å². The fourth-order valence-electron chi connectivity index (χ4n) is 4.45. The van der Waals surface area contributed by atoms with E-state index in [0.29, 0.717) is 37.7 Å². The zero-order chi connectivity index (χ0) is 27.0. The van der Waals surface area contributed by atoms with E-state index in [1.807, 2.05) is 37.3 Å². The average Bonchev–Trinajstić information content (AvgIpc) is 3.48. The second-order valence-corrected chi connectivity index (χ2v) is 9.72. The molecular weight excluding hydrogens is 506 g/mol. The third kappa shape index (κ3) is 4.50. The van der Waals surface area contributed by atoms with Gasteiger partial charge in [0.2, 0.25) is 0 Å². The first kappa shape index (κ1) is 25.1. The Kier molecular flexibility index (Phi) is 6.64. The van der Waals surface area contributed by atoms with E-state index >= 15 is 0 Å². The third-order valence-electron chi connectivity index (χ3n) is 6.16. The number of rotatable bonds is 6. The Hall–Kier alpha value is -4.57. The average molecular weight is 531 g/mol. The summed E-state index contributed by atoms with van der Waals surface area (Å²) in [5.41, 5.74) is 2.50. The normalized spacial score (nSPS) is 15.2. The summed E-state index contributed by atoms with van der Waals surface area (Å²) >= 11 is 1.18. The van der Waals surface area contributed by atoms with Crippen molar-refractivity contribution in [1.29, 1.82) is 0 Å². The molecule has 2 aromatic heterocycles. The van der Waals surface area contributed by atoms with E-state index in [2.05, 4.69) is 4.99 Å². The molecule has 0 spiro atoms. The van der Waals surface area contributed by atoms with Gasteiger partial charge in [0.15, 0.2) is 4.80 Å². The molecule has 1 atom stereocenters. The van der Waals surface area contributed by atoms with Crippen molar-refractivity contribution in [2.45, 2.75) is 26.8 Å². The molecule has 0 bridgehead atoms. The standard InChI is InChI=1S/C28H24N3O6S/c1-4-36-27(33)24-17(3)29-28-30(25(24)18-8-6-5-7-9-18)26(32)23(38-28)15-19-11-13-22(37-19)20-12-10-16(2)14-21(20)31(34)35/h5-15,25H,4H2,1-3H3,(H,34,35)/q+1/b23-15-. The number of furan rings is 1. The van der Waals surface area contributed by atoms with Crippen LogP contribution in [0.15, 0.2) is 86.1 Å². The molecule has 1 N–H and O–H groups in total. The van der Waals surface area contributed by atoms with Crippen molar-refractivity contribution >= 4 is 29.1 Å². The Morgan fingerprint density at radius 2 is 1.95 bits per heavy atom. The lowest BCUT2D eigenvalue weighted by Crippen LogP contribution is -2.39. The largest absolute Gasteiger partial charge is 0.463 e. The lowest BCUT2D eigenvalue weighted by molar-refractivity contribution is -0.729. The van der Waals surface area contributed by atoms with E-state index in [1.54, 1.807) is 50.3 Å². The summed E-state index contributed by atoms with van der Waals surface area (Å²) in [6.45, 7) is 5.47. The highest BCUT2D eigenvalue weighted by Gasteiger charge is 2.33. The van der Waals surface area contributed by atoms with Crippen LogP contribution in [0.25, 0.3) is 17.4 Å². The van der Waals surface area contributed by atoms with Crippen molar-refractivity contribution in [3.8, 4) is 11.3 Å². The summed E-state index contributed by atoms with van der Waals surface area (Å²) in [5, 5.41) is 9.54. The third-order valence-corrected chi connectivity index (χ3v) is 7.14. The number of allylic oxidation sites excluding steroid dienone is 1. The van der Waals surface area contributed by atoms with E-state index < -0.39 is 12.0 Å². The Balaban J connectivity index is 1.63. The first-order chi connectivity index (χ1) is 18.3. The van der Waals surface area contributed by atoms with Crippen LogP contribution in [0.2, 0.25) is 0 Å². The summed E-state index contributed by atoms with van der Waals surface area (Å²) in [7, 11) is 0. The van der Waals surface area contributed by atoms with Crippen LogP contribution < -0.4 is 14.9 Å². The molecule has 0 fully saturated rings. The molecule has 0 radical (unpaired) electrons. The Morgan fingerprint density at radius 1 is 1.18 bits per heavy atom. The van der Waals surface area contributed by atoms with Gasteiger partial charge < -0.3 is 9.15 Å². The minimum atomic E-state index is -0.691. The molecular formula is C28H24N3O6S+. The number of hydrogen-bond acceptors (Lipinski definition) is 7. The number of benzene rings is 2. The van der Waals surface area contributed by atoms with Crippen molar-refractivity contribution in [3.05, 3.63) is 113 Å². The van der Waals surface area contributed by atoms with Gasteiger partial charge in [0.05, 0.1) is 38.9 Å². The number of ether oxygens (including phenoxy) is 1. The molecule has 0 saturated carbocycles. The molecule has 0 saturated heterocycles. The fourth-order valence-corrected chi connectivity index (χ4v) is 5.48.